The number of methoxy groups -OCH3 is 2. The first kappa shape index (κ1) is 20.0. The Labute approximate surface area is 178 Å². The summed E-state index contributed by atoms with van der Waals surface area (Å²) >= 11 is 1.53. The van der Waals surface area contributed by atoms with Gasteiger partial charge in [-0.3, -0.25) is 4.57 Å². The molecule has 152 valence electrons. The van der Waals surface area contributed by atoms with Crippen LogP contribution in [0.15, 0.2) is 78.0 Å². The van der Waals surface area contributed by atoms with E-state index in [0.29, 0.717) is 11.6 Å². The van der Waals surface area contributed by atoms with Crippen LogP contribution in [-0.4, -0.2) is 29.0 Å². The summed E-state index contributed by atoms with van der Waals surface area (Å²) in [7, 11) is 3.27. The maximum absolute atomic E-state index is 13.2. The van der Waals surface area contributed by atoms with Crippen LogP contribution in [0.2, 0.25) is 0 Å². The van der Waals surface area contributed by atoms with E-state index in [2.05, 4.69) is 10.2 Å². The van der Waals surface area contributed by atoms with Gasteiger partial charge in [0.05, 0.1) is 25.5 Å². The van der Waals surface area contributed by atoms with Crippen molar-refractivity contribution in [3.8, 4) is 28.6 Å². The van der Waals surface area contributed by atoms with E-state index < -0.39 is 0 Å². The molecule has 0 amide bonds. The largest absolute Gasteiger partial charge is 0.497 e. The molecular formula is C23H20FN3O2S. The number of hydrogen-bond donors (Lipinski definition) is 0. The fourth-order valence-electron chi connectivity index (χ4n) is 3.06. The third-order valence-corrected chi connectivity index (χ3v) is 5.59. The molecule has 3 aromatic carbocycles. The second-order valence-electron chi connectivity index (χ2n) is 6.46. The predicted molar refractivity (Wildman–Crippen MR) is 116 cm³/mol. The molecule has 0 N–H and O–H groups in total. The number of ether oxygens (including phenoxy) is 2. The third-order valence-electron chi connectivity index (χ3n) is 4.59. The summed E-state index contributed by atoms with van der Waals surface area (Å²) in [4.78, 5) is 0. The molecule has 0 saturated heterocycles. The Kier molecular flexibility index (Phi) is 5.99. The van der Waals surface area contributed by atoms with Gasteiger partial charge in [0.15, 0.2) is 11.0 Å². The van der Waals surface area contributed by atoms with Crippen molar-refractivity contribution in [2.45, 2.75) is 10.9 Å². The Balaban J connectivity index is 1.75. The van der Waals surface area contributed by atoms with Crippen LogP contribution in [0.4, 0.5) is 4.39 Å². The molecule has 0 aliphatic heterocycles. The van der Waals surface area contributed by atoms with Crippen molar-refractivity contribution < 1.29 is 13.9 Å². The first-order valence-electron chi connectivity index (χ1n) is 9.30. The maximum atomic E-state index is 13.2. The average molecular weight is 421 g/mol. The van der Waals surface area contributed by atoms with Gasteiger partial charge >= 0.3 is 0 Å². The summed E-state index contributed by atoms with van der Waals surface area (Å²) in [6, 6.07) is 21.9. The van der Waals surface area contributed by atoms with Gasteiger partial charge in [-0.2, -0.15) is 0 Å². The standard InChI is InChI=1S/C23H20FN3O2S/c1-28-19-13-11-18(12-14-19)27-22(20-5-3-4-6-21(20)29-2)25-26-23(27)30-15-16-7-9-17(24)10-8-16/h3-14H,15H2,1-2H3. The van der Waals surface area contributed by atoms with Gasteiger partial charge in [-0.15, -0.1) is 10.2 Å². The van der Waals surface area contributed by atoms with Crippen LogP contribution in [-0.2, 0) is 5.75 Å². The van der Waals surface area contributed by atoms with E-state index in [9.17, 15) is 4.39 Å². The van der Waals surface area contributed by atoms with Crippen LogP contribution in [0, 0.1) is 5.82 Å². The lowest BCUT2D eigenvalue weighted by atomic mass is 10.2. The summed E-state index contributed by atoms with van der Waals surface area (Å²) in [5, 5.41) is 9.62. The normalized spacial score (nSPS) is 10.8. The highest BCUT2D eigenvalue weighted by molar-refractivity contribution is 7.98. The van der Waals surface area contributed by atoms with Crippen LogP contribution in [0.25, 0.3) is 17.1 Å². The number of thioether (sulfide) groups is 1. The quantitative estimate of drug-likeness (QED) is 0.375. The van der Waals surface area contributed by atoms with Crippen LogP contribution in [0.3, 0.4) is 0 Å². The van der Waals surface area contributed by atoms with E-state index in [-0.39, 0.29) is 5.82 Å². The minimum atomic E-state index is -0.247. The van der Waals surface area contributed by atoms with E-state index >= 15 is 0 Å². The van der Waals surface area contributed by atoms with Gasteiger partial charge in [-0.25, -0.2) is 4.39 Å². The highest BCUT2D eigenvalue weighted by Crippen LogP contribution is 2.34. The van der Waals surface area contributed by atoms with Crippen LogP contribution in [0.5, 0.6) is 11.5 Å². The maximum Gasteiger partial charge on any atom is 0.196 e. The summed E-state index contributed by atoms with van der Waals surface area (Å²) in [5.41, 5.74) is 2.75. The van der Waals surface area contributed by atoms with Gasteiger partial charge in [0.25, 0.3) is 0 Å². The lowest BCUT2D eigenvalue weighted by Gasteiger charge is -2.13. The molecule has 0 radical (unpaired) electrons. The van der Waals surface area contributed by atoms with E-state index in [4.69, 9.17) is 9.47 Å². The Morgan fingerprint density at radius 3 is 2.30 bits per heavy atom. The zero-order valence-electron chi connectivity index (χ0n) is 16.6. The topological polar surface area (TPSA) is 49.2 Å². The number of nitrogens with zero attached hydrogens (tertiary/aromatic N) is 3. The Bertz CT molecular complexity index is 1130. The van der Waals surface area contributed by atoms with E-state index in [1.165, 1.54) is 23.9 Å². The molecule has 0 saturated carbocycles. The molecule has 1 aromatic heterocycles. The minimum Gasteiger partial charge on any atom is -0.497 e. The van der Waals surface area contributed by atoms with Gasteiger partial charge < -0.3 is 9.47 Å². The monoisotopic (exact) mass is 421 g/mol. The molecule has 0 aliphatic carbocycles. The fourth-order valence-corrected chi connectivity index (χ4v) is 3.97. The van der Waals surface area contributed by atoms with Crippen molar-refractivity contribution in [1.29, 1.82) is 0 Å². The number of benzene rings is 3. The molecule has 30 heavy (non-hydrogen) atoms. The van der Waals surface area contributed by atoms with E-state index in [0.717, 1.165) is 33.5 Å². The van der Waals surface area contributed by atoms with Gasteiger partial charge in [0.2, 0.25) is 0 Å². The van der Waals surface area contributed by atoms with Crippen LogP contribution in [0.1, 0.15) is 5.56 Å². The van der Waals surface area contributed by atoms with E-state index in [1.807, 2.05) is 53.1 Å². The number of rotatable bonds is 7. The Morgan fingerprint density at radius 1 is 0.867 bits per heavy atom. The van der Waals surface area contributed by atoms with Crippen molar-refractivity contribution in [3.05, 3.63) is 84.2 Å². The number of halogens is 1. The molecule has 7 heteroatoms. The zero-order chi connectivity index (χ0) is 20.9. The van der Waals surface area contributed by atoms with Crippen LogP contribution >= 0.6 is 11.8 Å². The minimum absolute atomic E-state index is 0.247. The summed E-state index contributed by atoms with van der Waals surface area (Å²) in [6.07, 6.45) is 0. The first-order valence-corrected chi connectivity index (χ1v) is 10.3. The lowest BCUT2D eigenvalue weighted by Crippen LogP contribution is -2.01. The molecule has 0 aliphatic rings. The summed E-state index contributed by atoms with van der Waals surface area (Å²) in [5.74, 6) is 2.56. The lowest BCUT2D eigenvalue weighted by molar-refractivity contribution is 0.414. The van der Waals surface area contributed by atoms with Crippen LogP contribution < -0.4 is 9.47 Å². The molecule has 4 aromatic rings. The second-order valence-corrected chi connectivity index (χ2v) is 7.40. The molecule has 0 spiro atoms. The molecular weight excluding hydrogens is 401 g/mol. The highest BCUT2D eigenvalue weighted by atomic mass is 32.2. The van der Waals surface area contributed by atoms with E-state index in [1.54, 1.807) is 26.4 Å². The molecule has 0 atom stereocenters. The van der Waals surface area contributed by atoms with Gasteiger partial charge in [0, 0.05) is 5.75 Å². The number of hydrogen-bond acceptors (Lipinski definition) is 5. The zero-order valence-corrected chi connectivity index (χ0v) is 17.4. The van der Waals surface area contributed by atoms with Gasteiger partial charge in [-0.1, -0.05) is 36.0 Å². The van der Waals surface area contributed by atoms with Gasteiger partial charge in [-0.05, 0) is 54.1 Å². The highest BCUT2D eigenvalue weighted by Gasteiger charge is 2.19. The number of para-hydroxylation sites is 1. The summed E-state index contributed by atoms with van der Waals surface area (Å²) in [6.45, 7) is 0. The molecule has 4 rings (SSSR count). The molecule has 1 heterocycles. The van der Waals surface area contributed by atoms with Crippen molar-refractivity contribution in [3.63, 3.8) is 0 Å². The van der Waals surface area contributed by atoms with Crippen molar-refractivity contribution >= 4 is 11.8 Å². The summed E-state index contributed by atoms with van der Waals surface area (Å²) < 4.78 is 26.0. The van der Waals surface area contributed by atoms with Crippen molar-refractivity contribution in [1.82, 2.24) is 14.8 Å². The molecule has 5 nitrogen and oxygen atoms in total. The van der Waals surface area contributed by atoms with Gasteiger partial charge in [0.1, 0.15) is 17.3 Å². The SMILES string of the molecule is COc1ccc(-n2c(SCc3ccc(F)cc3)nnc2-c2ccccc2OC)cc1. The fraction of sp³-hybridized carbons (Fsp3) is 0.130. The smallest absolute Gasteiger partial charge is 0.196 e. The second kappa shape index (κ2) is 9.00. The number of aromatic nitrogens is 3. The molecule has 0 bridgehead atoms. The average Bonchev–Trinajstić information content (AvgIpc) is 3.22. The molecule has 0 unspecified atom stereocenters. The van der Waals surface area contributed by atoms with Crippen molar-refractivity contribution in [2.75, 3.05) is 14.2 Å². The third kappa shape index (κ3) is 4.16. The first-order chi connectivity index (χ1) is 14.7. The molecule has 0 fully saturated rings. The Hall–Kier alpha value is -3.32. The van der Waals surface area contributed by atoms with Crippen molar-refractivity contribution in [2.24, 2.45) is 0 Å². The Morgan fingerprint density at radius 2 is 1.60 bits per heavy atom. The predicted octanol–water partition coefficient (Wildman–Crippen LogP) is 5.38.